The Balaban J connectivity index is 3.14. The summed E-state index contributed by atoms with van der Waals surface area (Å²) in [6, 6.07) is 0. The van der Waals surface area contributed by atoms with Crippen molar-refractivity contribution in [1.29, 1.82) is 0 Å². The zero-order valence-corrected chi connectivity index (χ0v) is 15.3. The van der Waals surface area contributed by atoms with Gasteiger partial charge in [-0.3, -0.25) is 0 Å². The minimum Gasteiger partial charge on any atom is -0.0654 e. The summed E-state index contributed by atoms with van der Waals surface area (Å²) in [7, 11) is 0. The van der Waals surface area contributed by atoms with Gasteiger partial charge in [-0.05, 0) is 5.92 Å². The molecule has 0 aromatic heterocycles. The zero-order chi connectivity index (χ0) is 15.6. The molecular weight excluding hydrogens is 252 g/mol. The van der Waals surface area contributed by atoms with Crippen LogP contribution in [0.1, 0.15) is 123 Å². The van der Waals surface area contributed by atoms with Gasteiger partial charge in [0.1, 0.15) is 0 Å². The van der Waals surface area contributed by atoms with Crippen molar-refractivity contribution >= 4 is 0 Å². The Morgan fingerprint density at radius 2 is 0.905 bits per heavy atom. The molecule has 0 rings (SSSR count). The first kappa shape index (κ1) is 21.0. The quantitative estimate of drug-likeness (QED) is 0.238. The van der Waals surface area contributed by atoms with Gasteiger partial charge in [0.15, 0.2) is 0 Å². The highest BCUT2D eigenvalue weighted by molar-refractivity contribution is 4.61. The van der Waals surface area contributed by atoms with E-state index in [1.54, 1.807) is 0 Å². The van der Waals surface area contributed by atoms with Crippen LogP contribution in [0.2, 0.25) is 0 Å². The van der Waals surface area contributed by atoms with Gasteiger partial charge < -0.3 is 0 Å². The molecule has 21 heavy (non-hydrogen) atoms. The van der Waals surface area contributed by atoms with Gasteiger partial charge in [-0.1, -0.05) is 130 Å². The molecule has 0 aliphatic carbocycles. The maximum Gasteiger partial charge on any atom is -0.0414 e. The molecule has 0 aromatic rings. The van der Waals surface area contributed by atoms with Gasteiger partial charge in [0, 0.05) is 0 Å². The molecule has 1 unspecified atom stereocenters. The lowest BCUT2D eigenvalue weighted by atomic mass is 9.93. The van der Waals surface area contributed by atoms with Crippen molar-refractivity contribution < 1.29 is 0 Å². The normalized spacial score (nSPS) is 12.7. The SMILES string of the molecule is [CH2]CC(CCCC)CCCCCCCCCCCCCC. The van der Waals surface area contributed by atoms with Crippen LogP contribution in [-0.4, -0.2) is 0 Å². The summed E-state index contributed by atoms with van der Waals surface area (Å²) < 4.78 is 0. The lowest BCUT2D eigenvalue weighted by Crippen LogP contribution is -1.98. The van der Waals surface area contributed by atoms with Crippen molar-refractivity contribution in [1.82, 2.24) is 0 Å². The summed E-state index contributed by atoms with van der Waals surface area (Å²) in [6.07, 6.45) is 24.2. The number of hydrogen-bond acceptors (Lipinski definition) is 0. The molecule has 0 saturated heterocycles. The largest absolute Gasteiger partial charge is 0.0654 e. The summed E-state index contributed by atoms with van der Waals surface area (Å²) in [5.41, 5.74) is 0. The second-order valence-corrected chi connectivity index (χ2v) is 6.97. The molecule has 127 valence electrons. The van der Waals surface area contributed by atoms with Gasteiger partial charge in [-0.15, -0.1) is 0 Å². The molecule has 0 nitrogen and oxygen atoms in total. The van der Waals surface area contributed by atoms with Gasteiger partial charge in [0.25, 0.3) is 0 Å². The van der Waals surface area contributed by atoms with Gasteiger partial charge in [-0.25, -0.2) is 0 Å². The summed E-state index contributed by atoms with van der Waals surface area (Å²) in [6.45, 7) is 8.70. The Labute approximate surface area is 136 Å². The number of unbranched alkanes of at least 4 members (excludes halogenated alkanes) is 12. The van der Waals surface area contributed by atoms with E-state index in [0.29, 0.717) is 0 Å². The Morgan fingerprint density at radius 1 is 0.524 bits per heavy atom. The maximum atomic E-state index is 4.11. The minimum atomic E-state index is 0.910. The average molecular weight is 296 g/mol. The zero-order valence-electron chi connectivity index (χ0n) is 15.3. The van der Waals surface area contributed by atoms with Crippen LogP contribution >= 0.6 is 0 Å². The third kappa shape index (κ3) is 16.2. The van der Waals surface area contributed by atoms with Crippen LogP contribution in [-0.2, 0) is 0 Å². The standard InChI is InChI=1S/C21H43/c1-4-7-9-10-11-12-13-14-15-16-17-18-20-21(6-3)19-8-5-2/h21H,3-20H2,1-2H3. The van der Waals surface area contributed by atoms with Gasteiger partial charge in [0.05, 0.1) is 0 Å². The van der Waals surface area contributed by atoms with Crippen LogP contribution < -0.4 is 0 Å². The van der Waals surface area contributed by atoms with Crippen LogP contribution in [0.25, 0.3) is 0 Å². The van der Waals surface area contributed by atoms with E-state index >= 15 is 0 Å². The molecule has 0 heterocycles. The molecule has 0 saturated carbocycles. The van der Waals surface area contributed by atoms with Crippen LogP contribution in [0.15, 0.2) is 0 Å². The van der Waals surface area contributed by atoms with Crippen molar-refractivity contribution in [3.8, 4) is 0 Å². The third-order valence-corrected chi connectivity index (χ3v) is 4.84. The van der Waals surface area contributed by atoms with Gasteiger partial charge >= 0.3 is 0 Å². The van der Waals surface area contributed by atoms with Gasteiger partial charge in [0.2, 0.25) is 0 Å². The molecule has 0 aromatic carbocycles. The second kappa shape index (κ2) is 18.1. The Kier molecular flexibility index (Phi) is 18.1. The van der Waals surface area contributed by atoms with E-state index in [2.05, 4.69) is 20.8 Å². The fraction of sp³-hybridized carbons (Fsp3) is 0.952. The van der Waals surface area contributed by atoms with E-state index in [1.165, 1.54) is 103 Å². The molecule has 0 heteroatoms. The predicted octanol–water partition coefficient (Wildman–Crippen LogP) is 8.11. The van der Waals surface area contributed by atoms with Crippen LogP contribution in [0.5, 0.6) is 0 Å². The highest BCUT2D eigenvalue weighted by atomic mass is 14.1. The monoisotopic (exact) mass is 295 g/mol. The van der Waals surface area contributed by atoms with Crippen molar-refractivity contribution in [2.75, 3.05) is 0 Å². The fourth-order valence-corrected chi connectivity index (χ4v) is 3.20. The Bertz CT molecular complexity index is 173. The molecule has 0 amide bonds. The number of hydrogen-bond donors (Lipinski definition) is 0. The molecule has 0 N–H and O–H groups in total. The molecule has 1 radical (unpaired) electrons. The first-order valence-corrected chi connectivity index (χ1v) is 10.1. The predicted molar refractivity (Wildman–Crippen MR) is 98.7 cm³/mol. The van der Waals surface area contributed by atoms with E-state index in [1.807, 2.05) is 0 Å². The molecule has 0 aliphatic heterocycles. The molecule has 0 aliphatic rings. The van der Waals surface area contributed by atoms with Crippen LogP contribution in [0.3, 0.4) is 0 Å². The third-order valence-electron chi connectivity index (χ3n) is 4.84. The van der Waals surface area contributed by atoms with E-state index in [4.69, 9.17) is 0 Å². The summed E-state index contributed by atoms with van der Waals surface area (Å²) in [5, 5.41) is 0. The smallest absolute Gasteiger partial charge is 0.0414 e. The van der Waals surface area contributed by atoms with Crippen molar-refractivity contribution in [2.45, 2.75) is 123 Å². The lowest BCUT2D eigenvalue weighted by molar-refractivity contribution is 0.412. The highest BCUT2D eigenvalue weighted by Crippen LogP contribution is 2.20. The lowest BCUT2D eigenvalue weighted by Gasteiger charge is -2.13. The topological polar surface area (TPSA) is 0 Å². The van der Waals surface area contributed by atoms with Crippen LogP contribution in [0, 0.1) is 12.8 Å². The minimum absolute atomic E-state index is 0.910. The number of rotatable bonds is 17. The van der Waals surface area contributed by atoms with Gasteiger partial charge in [-0.2, -0.15) is 0 Å². The Morgan fingerprint density at radius 3 is 1.33 bits per heavy atom. The first-order valence-electron chi connectivity index (χ1n) is 10.1. The summed E-state index contributed by atoms with van der Waals surface area (Å²) in [4.78, 5) is 0. The highest BCUT2D eigenvalue weighted by Gasteiger charge is 2.04. The van der Waals surface area contributed by atoms with Crippen LogP contribution in [0.4, 0.5) is 0 Å². The fourth-order valence-electron chi connectivity index (χ4n) is 3.20. The van der Waals surface area contributed by atoms with E-state index in [9.17, 15) is 0 Å². The molecule has 0 fully saturated rings. The van der Waals surface area contributed by atoms with Crippen molar-refractivity contribution in [3.05, 3.63) is 6.92 Å². The van der Waals surface area contributed by atoms with E-state index in [-0.39, 0.29) is 0 Å². The Hall–Kier alpha value is 0. The van der Waals surface area contributed by atoms with E-state index in [0.717, 1.165) is 12.3 Å². The second-order valence-electron chi connectivity index (χ2n) is 6.97. The van der Waals surface area contributed by atoms with Crippen molar-refractivity contribution in [3.63, 3.8) is 0 Å². The molecule has 0 bridgehead atoms. The van der Waals surface area contributed by atoms with E-state index < -0.39 is 0 Å². The first-order chi connectivity index (χ1) is 10.3. The molecule has 1 atom stereocenters. The average Bonchev–Trinajstić information content (AvgIpc) is 2.51. The summed E-state index contributed by atoms with van der Waals surface area (Å²) >= 11 is 0. The summed E-state index contributed by atoms with van der Waals surface area (Å²) in [5.74, 6) is 0.910. The van der Waals surface area contributed by atoms with Crippen molar-refractivity contribution in [2.24, 2.45) is 5.92 Å². The maximum absolute atomic E-state index is 4.11. The molecular formula is C21H43. The molecule has 0 spiro atoms.